The summed E-state index contributed by atoms with van der Waals surface area (Å²) in [6.07, 6.45) is 5.14. The number of imidazole rings is 1. The first kappa shape index (κ1) is 15.0. The molecular formula is C15H21ClN4. The Balaban J connectivity index is 0.00000147. The zero-order chi connectivity index (χ0) is 12.9. The van der Waals surface area contributed by atoms with E-state index in [2.05, 4.69) is 44.0 Å². The summed E-state index contributed by atoms with van der Waals surface area (Å²) < 4.78 is 2.18. The Bertz CT molecular complexity index is 504. The Kier molecular flexibility index (Phi) is 5.59. The molecule has 0 aliphatic carbocycles. The minimum atomic E-state index is 0. The maximum absolute atomic E-state index is 4.52. The topological polar surface area (TPSA) is 33.1 Å². The Morgan fingerprint density at radius 2 is 1.95 bits per heavy atom. The van der Waals surface area contributed by atoms with Crippen LogP contribution in [0, 0.1) is 0 Å². The predicted molar refractivity (Wildman–Crippen MR) is 83.6 cm³/mol. The van der Waals surface area contributed by atoms with E-state index in [9.17, 15) is 0 Å². The van der Waals surface area contributed by atoms with E-state index in [0.29, 0.717) is 0 Å². The van der Waals surface area contributed by atoms with Crippen LogP contribution in [0.1, 0.15) is 12.2 Å². The van der Waals surface area contributed by atoms with Crippen LogP contribution in [0.25, 0.3) is 5.69 Å². The van der Waals surface area contributed by atoms with Crippen molar-refractivity contribution in [2.24, 2.45) is 0 Å². The molecule has 3 rings (SSSR count). The highest BCUT2D eigenvalue weighted by atomic mass is 35.5. The Hall–Kier alpha value is -1.36. The van der Waals surface area contributed by atoms with Gasteiger partial charge in [0.25, 0.3) is 0 Å². The van der Waals surface area contributed by atoms with Crippen molar-refractivity contribution < 1.29 is 0 Å². The first-order valence-electron chi connectivity index (χ1n) is 6.94. The monoisotopic (exact) mass is 292 g/mol. The fraction of sp³-hybridized carbons (Fsp3) is 0.400. The van der Waals surface area contributed by atoms with Crippen LogP contribution in [0.3, 0.4) is 0 Å². The third kappa shape index (κ3) is 3.60. The Morgan fingerprint density at radius 1 is 1.10 bits per heavy atom. The molecule has 5 heteroatoms. The highest BCUT2D eigenvalue weighted by molar-refractivity contribution is 5.85. The van der Waals surface area contributed by atoms with Gasteiger partial charge in [0.2, 0.25) is 0 Å². The minimum absolute atomic E-state index is 0. The number of para-hydroxylation sites is 1. The number of hydrogen-bond donors (Lipinski definition) is 1. The average Bonchev–Trinajstić information content (AvgIpc) is 2.75. The van der Waals surface area contributed by atoms with Crippen molar-refractivity contribution in [1.82, 2.24) is 19.8 Å². The first-order valence-corrected chi connectivity index (χ1v) is 6.94. The second-order valence-corrected chi connectivity index (χ2v) is 4.93. The molecule has 0 spiro atoms. The molecule has 0 unspecified atom stereocenters. The van der Waals surface area contributed by atoms with Crippen LogP contribution in [-0.4, -0.2) is 40.6 Å². The van der Waals surface area contributed by atoms with Crippen molar-refractivity contribution in [1.29, 1.82) is 0 Å². The summed E-state index contributed by atoms with van der Waals surface area (Å²) >= 11 is 0. The summed E-state index contributed by atoms with van der Waals surface area (Å²) in [5, 5.41) is 3.43. The molecule has 1 aromatic carbocycles. The lowest BCUT2D eigenvalue weighted by Crippen LogP contribution is -2.28. The molecule has 0 saturated carbocycles. The SMILES string of the molecule is Cl.c1ccc(-n2ccnc2CN2CCCNCC2)cc1. The smallest absolute Gasteiger partial charge is 0.127 e. The highest BCUT2D eigenvalue weighted by Crippen LogP contribution is 2.12. The molecule has 4 nitrogen and oxygen atoms in total. The average molecular weight is 293 g/mol. The van der Waals surface area contributed by atoms with Gasteiger partial charge in [-0.1, -0.05) is 18.2 Å². The van der Waals surface area contributed by atoms with Crippen molar-refractivity contribution in [3.63, 3.8) is 0 Å². The van der Waals surface area contributed by atoms with E-state index in [1.807, 2.05) is 18.5 Å². The van der Waals surface area contributed by atoms with E-state index >= 15 is 0 Å². The normalized spacial score (nSPS) is 16.4. The quantitative estimate of drug-likeness (QED) is 0.940. The largest absolute Gasteiger partial charge is 0.315 e. The van der Waals surface area contributed by atoms with Gasteiger partial charge in [-0.3, -0.25) is 4.90 Å². The van der Waals surface area contributed by atoms with Gasteiger partial charge in [-0.25, -0.2) is 4.98 Å². The van der Waals surface area contributed by atoms with Crippen molar-refractivity contribution in [2.75, 3.05) is 26.2 Å². The van der Waals surface area contributed by atoms with E-state index in [1.54, 1.807) is 0 Å². The second kappa shape index (κ2) is 7.43. The number of aromatic nitrogens is 2. The van der Waals surface area contributed by atoms with Gasteiger partial charge in [-0.15, -0.1) is 12.4 Å². The van der Waals surface area contributed by atoms with E-state index in [4.69, 9.17) is 0 Å². The molecule has 0 amide bonds. The minimum Gasteiger partial charge on any atom is -0.315 e. The fourth-order valence-electron chi connectivity index (χ4n) is 2.53. The van der Waals surface area contributed by atoms with E-state index in [1.165, 1.54) is 12.1 Å². The van der Waals surface area contributed by atoms with Gasteiger partial charge in [0.05, 0.1) is 6.54 Å². The van der Waals surface area contributed by atoms with Gasteiger partial charge in [-0.05, 0) is 31.6 Å². The van der Waals surface area contributed by atoms with Gasteiger partial charge < -0.3 is 9.88 Å². The molecule has 108 valence electrons. The van der Waals surface area contributed by atoms with Crippen molar-refractivity contribution in [3.05, 3.63) is 48.5 Å². The van der Waals surface area contributed by atoms with Crippen molar-refractivity contribution in [3.8, 4) is 5.69 Å². The van der Waals surface area contributed by atoms with Gasteiger partial charge >= 0.3 is 0 Å². The Morgan fingerprint density at radius 3 is 2.80 bits per heavy atom. The van der Waals surface area contributed by atoms with Crippen LogP contribution in [0.4, 0.5) is 0 Å². The molecule has 1 saturated heterocycles. The van der Waals surface area contributed by atoms with E-state index in [0.717, 1.165) is 38.5 Å². The summed E-state index contributed by atoms with van der Waals surface area (Å²) in [6.45, 7) is 5.37. The number of hydrogen-bond acceptors (Lipinski definition) is 3. The molecule has 1 aliphatic rings. The van der Waals surface area contributed by atoms with Crippen LogP contribution in [-0.2, 0) is 6.54 Å². The molecule has 1 aromatic heterocycles. The number of nitrogens with zero attached hydrogens (tertiary/aromatic N) is 3. The molecule has 1 aliphatic heterocycles. The zero-order valence-electron chi connectivity index (χ0n) is 11.5. The lowest BCUT2D eigenvalue weighted by atomic mass is 10.3. The molecule has 0 radical (unpaired) electrons. The molecule has 2 aromatic rings. The van der Waals surface area contributed by atoms with E-state index < -0.39 is 0 Å². The van der Waals surface area contributed by atoms with Crippen LogP contribution in [0.15, 0.2) is 42.7 Å². The van der Waals surface area contributed by atoms with Gasteiger partial charge in [0, 0.05) is 31.2 Å². The van der Waals surface area contributed by atoms with Crippen LogP contribution >= 0.6 is 12.4 Å². The van der Waals surface area contributed by atoms with Gasteiger partial charge in [0.1, 0.15) is 5.82 Å². The van der Waals surface area contributed by atoms with Crippen LogP contribution < -0.4 is 5.32 Å². The lowest BCUT2D eigenvalue weighted by Gasteiger charge is -2.19. The summed E-state index contributed by atoms with van der Waals surface area (Å²) in [4.78, 5) is 6.99. The molecule has 0 bridgehead atoms. The summed E-state index contributed by atoms with van der Waals surface area (Å²) in [5.74, 6) is 1.12. The molecule has 1 fully saturated rings. The highest BCUT2D eigenvalue weighted by Gasteiger charge is 2.12. The number of nitrogens with one attached hydrogen (secondary N) is 1. The van der Waals surface area contributed by atoms with Crippen LogP contribution in [0.5, 0.6) is 0 Å². The molecule has 20 heavy (non-hydrogen) atoms. The first-order chi connectivity index (χ1) is 9.43. The zero-order valence-corrected chi connectivity index (χ0v) is 12.4. The van der Waals surface area contributed by atoms with Gasteiger partial charge in [-0.2, -0.15) is 0 Å². The third-order valence-corrected chi connectivity index (χ3v) is 3.55. The predicted octanol–water partition coefficient (Wildman–Crippen LogP) is 2.09. The Labute approximate surface area is 126 Å². The van der Waals surface area contributed by atoms with Crippen molar-refractivity contribution in [2.45, 2.75) is 13.0 Å². The molecule has 1 N–H and O–H groups in total. The molecule has 2 heterocycles. The molecular weight excluding hydrogens is 272 g/mol. The fourth-order valence-corrected chi connectivity index (χ4v) is 2.53. The van der Waals surface area contributed by atoms with Gasteiger partial charge in [0.15, 0.2) is 0 Å². The maximum atomic E-state index is 4.52. The maximum Gasteiger partial charge on any atom is 0.127 e. The van der Waals surface area contributed by atoms with Crippen molar-refractivity contribution >= 4 is 12.4 Å². The number of rotatable bonds is 3. The second-order valence-electron chi connectivity index (χ2n) is 4.93. The number of benzene rings is 1. The summed E-state index contributed by atoms with van der Waals surface area (Å²) in [6, 6.07) is 10.4. The van der Waals surface area contributed by atoms with E-state index in [-0.39, 0.29) is 12.4 Å². The molecule has 0 atom stereocenters. The summed E-state index contributed by atoms with van der Waals surface area (Å²) in [5.41, 5.74) is 1.18. The lowest BCUT2D eigenvalue weighted by molar-refractivity contribution is 0.276. The van der Waals surface area contributed by atoms with Crippen LogP contribution in [0.2, 0.25) is 0 Å². The third-order valence-electron chi connectivity index (χ3n) is 3.55. The standard InChI is InChI=1S/C15H20N4.ClH/c1-2-5-14(6-3-1)19-12-9-17-15(19)13-18-10-4-7-16-8-11-18;/h1-3,5-6,9,12,16H,4,7-8,10-11,13H2;1H. The summed E-state index contributed by atoms with van der Waals surface area (Å²) in [7, 11) is 0. The number of halogens is 1.